The number of Topliss-reactive ketones (excluding diaryl/α,β-unsaturated/α-hetero) is 2. The number of aromatic amines is 3. The van der Waals surface area contributed by atoms with Crippen molar-refractivity contribution >= 4 is 11.6 Å². The Balaban J connectivity index is 1.94. The Kier molecular flexibility index (Phi) is 5.38. The van der Waals surface area contributed by atoms with Crippen molar-refractivity contribution in [3.63, 3.8) is 0 Å². The van der Waals surface area contributed by atoms with Gasteiger partial charge >= 0.3 is 0 Å². The van der Waals surface area contributed by atoms with Crippen LogP contribution < -0.4 is 0 Å². The summed E-state index contributed by atoms with van der Waals surface area (Å²) < 4.78 is 0. The van der Waals surface area contributed by atoms with E-state index in [2.05, 4.69) is 15.0 Å². The summed E-state index contributed by atoms with van der Waals surface area (Å²) in [4.78, 5) is 33.0. The lowest BCUT2D eigenvalue weighted by atomic mass is 10.0. The molecule has 0 fully saturated rings. The van der Waals surface area contributed by atoms with Gasteiger partial charge in [-0.25, -0.2) is 0 Å². The zero-order valence-electron chi connectivity index (χ0n) is 17.5. The molecular formula is C22H27N3O4. The van der Waals surface area contributed by atoms with E-state index in [1.807, 2.05) is 0 Å². The summed E-state index contributed by atoms with van der Waals surface area (Å²) in [6.45, 7) is 10.2. The Morgan fingerprint density at radius 2 is 1.07 bits per heavy atom. The molecule has 2 unspecified atom stereocenters. The first-order valence-corrected chi connectivity index (χ1v) is 9.49. The summed E-state index contributed by atoms with van der Waals surface area (Å²) in [5, 5.41) is 21.7. The number of aromatic nitrogens is 3. The predicted octanol–water partition coefficient (Wildman–Crippen LogP) is 3.47. The van der Waals surface area contributed by atoms with Gasteiger partial charge in [-0.3, -0.25) is 9.59 Å². The van der Waals surface area contributed by atoms with Crippen LogP contribution in [0.15, 0.2) is 12.1 Å². The van der Waals surface area contributed by atoms with Gasteiger partial charge in [0.25, 0.3) is 0 Å². The maximum absolute atomic E-state index is 11.8. The molecule has 0 spiro atoms. The van der Waals surface area contributed by atoms with Crippen LogP contribution in [-0.4, -0.2) is 36.7 Å². The molecule has 0 radical (unpaired) electrons. The van der Waals surface area contributed by atoms with Gasteiger partial charge < -0.3 is 25.2 Å². The lowest BCUT2D eigenvalue weighted by molar-refractivity contribution is 0.100. The quantitative estimate of drug-likeness (QED) is 0.409. The van der Waals surface area contributed by atoms with Crippen LogP contribution in [0.1, 0.15) is 92.1 Å². The van der Waals surface area contributed by atoms with Gasteiger partial charge in [0.2, 0.25) is 0 Å². The fourth-order valence-corrected chi connectivity index (χ4v) is 4.21. The highest BCUT2D eigenvalue weighted by Crippen LogP contribution is 2.31. The van der Waals surface area contributed by atoms with Crippen molar-refractivity contribution in [1.82, 2.24) is 15.0 Å². The Morgan fingerprint density at radius 3 is 1.34 bits per heavy atom. The van der Waals surface area contributed by atoms with Crippen molar-refractivity contribution in [3.05, 3.63) is 68.6 Å². The third-order valence-electron chi connectivity index (χ3n) is 5.52. The number of aliphatic hydroxyl groups excluding tert-OH is 2. The Hall–Kier alpha value is -2.90. The number of aliphatic hydroxyl groups is 2. The largest absolute Gasteiger partial charge is 0.381 e. The van der Waals surface area contributed by atoms with Gasteiger partial charge in [-0.2, -0.15) is 0 Å². The van der Waals surface area contributed by atoms with E-state index in [-0.39, 0.29) is 11.6 Å². The first-order valence-electron chi connectivity index (χ1n) is 9.49. The maximum Gasteiger partial charge on any atom is 0.161 e. The summed E-state index contributed by atoms with van der Waals surface area (Å²) in [6.07, 6.45) is -2.00. The number of rotatable bonds is 6. The molecule has 5 N–H and O–H groups in total. The molecule has 0 aliphatic rings. The summed E-state index contributed by atoms with van der Waals surface area (Å²) in [5.41, 5.74) is 6.08. The van der Waals surface area contributed by atoms with Crippen LogP contribution in [0.25, 0.3) is 0 Å². The molecule has 3 aromatic rings. The van der Waals surface area contributed by atoms with Crippen molar-refractivity contribution in [2.75, 3.05) is 0 Å². The highest BCUT2D eigenvalue weighted by Gasteiger charge is 2.25. The number of hydrogen-bond donors (Lipinski definition) is 5. The SMILES string of the molecule is CC(=O)c1c(C)[nH]c(C(O)c2ccc(C(O)c3[nH]c(C)c(C(C)=O)c3C)[nH]2)c1C. The first-order chi connectivity index (χ1) is 13.5. The Bertz CT molecular complexity index is 1020. The second-order valence-electron chi connectivity index (χ2n) is 7.61. The van der Waals surface area contributed by atoms with Crippen LogP contribution in [0.3, 0.4) is 0 Å². The van der Waals surface area contributed by atoms with Crippen LogP contribution >= 0.6 is 0 Å². The third kappa shape index (κ3) is 3.47. The molecule has 7 nitrogen and oxygen atoms in total. The zero-order valence-corrected chi connectivity index (χ0v) is 17.5. The van der Waals surface area contributed by atoms with Gasteiger partial charge in [0.1, 0.15) is 12.2 Å². The summed E-state index contributed by atoms with van der Waals surface area (Å²) in [7, 11) is 0. The minimum atomic E-state index is -0.998. The van der Waals surface area contributed by atoms with Crippen molar-refractivity contribution in [2.24, 2.45) is 0 Å². The fraction of sp³-hybridized carbons (Fsp3) is 0.364. The van der Waals surface area contributed by atoms with E-state index in [0.29, 0.717) is 56.4 Å². The summed E-state index contributed by atoms with van der Waals surface area (Å²) in [5.74, 6) is -0.118. The molecule has 154 valence electrons. The van der Waals surface area contributed by atoms with E-state index in [0.717, 1.165) is 0 Å². The van der Waals surface area contributed by atoms with E-state index in [1.165, 1.54) is 13.8 Å². The smallest absolute Gasteiger partial charge is 0.161 e. The number of H-pyrrole nitrogens is 3. The van der Waals surface area contributed by atoms with Gasteiger partial charge in [0.05, 0.1) is 22.8 Å². The topological polar surface area (TPSA) is 122 Å². The highest BCUT2D eigenvalue weighted by atomic mass is 16.3. The summed E-state index contributed by atoms with van der Waals surface area (Å²) >= 11 is 0. The van der Waals surface area contributed by atoms with E-state index in [1.54, 1.807) is 39.8 Å². The van der Waals surface area contributed by atoms with E-state index in [4.69, 9.17) is 0 Å². The molecule has 0 saturated heterocycles. The minimum Gasteiger partial charge on any atom is -0.381 e. The van der Waals surface area contributed by atoms with Crippen LogP contribution in [0.2, 0.25) is 0 Å². The van der Waals surface area contributed by atoms with Crippen LogP contribution in [-0.2, 0) is 0 Å². The van der Waals surface area contributed by atoms with Crippen molar-refractivity contribution in [2.45, 2.75) is 53.8 Å². The monoisotopic (exact) mass is 397 g/mol. The molecule has 3 aromatic heterocycles. The van der Waals surface area contributed by atoms with Gasteiger partial charge in [-0.05, 0) is 64.8 Å². The number of nitrogens with one attached hydrogen (secondary N) is 3. The maximum atomic E-state index is 11.8. The van der Waals surface area contributed by atoms with Gasteiger partial charge in [-0.15, -0.1) is 0 Å². The molecule has 0 aliphatic carbocycles. The lowest BCUT2D eigenvalue weighted by Crippen LogP contribution is -2.06. The minimum absolute atomic E-state index is 0.0591. The van der Waals surface area contributed by atoms with Crippen LogP contribution in [0.4, 0.5) is 0 Å². The molecule has 0 aliphatic heterocycles. The fourth-order valence-electron chi connectivity index (χ4n) is 4.21. The molecular weight excluding hydrogens is 370 g/mol. The molecule has 3 heterocycles. The molecule has 0 bridgehead atoms. The van der Waals surface area contributed by atoms with E-state index in [9.17, 15) is 19.8 Å². The average Bonchev–Trinajstić information content (AvgIpc) is 3.30. The average molecular weight is 397 g/mol. The number of carbonyl (C=O) groups is 2. The number of carbonyl (C=O) groups excluding carboxylic acids is 2. The standard InChI is InChI=1S/C22H27N3O4/c1-9-17(13(5)26)11(3)23-19(9)21(28)15-7-8-16(25-15)22(29)20-10(2)18(14(6)27)12(4)24-20/h7-8,21-25,28-29H,1-6H3. The Morgan fingerprint density at radius 1 is 0.724 bits per heavy atom. The van der Waals surface area contributed by atoms with Crippen molar-refractivity contribution < 1.29 is 19.8 Å². The molecule has 0 saturated carbocycles. The molecule has 0 aromatic carbocycles. The van der Waals surface area contributed by atoms with Gasteiger partial charge in [0.15, 0.2) is 11.6 Å². The van der Waals surface area contributed by atoms with Gasteiger partial charge in [-0.1, -0.05) is 0 Å². The van der Waals surface area contributed by atoms with Crippen LogP contribution in [0.5, 0.6) is 0 Å². The first kappa shape index (κ1) is 20.8. The predicted molar refractivity (Wildman–Crippen MR) is 109 cm³/mol. The molecule has 7 heteroatoms. The zero-order chi connectivity index (χ0) is 21.6. The number of aryl methyl sites for hydroxylation is 2. The summed E-state index contributed by atoms with van der Waals surface area (Å²) in [6, 6.07) is 3.40. The van der Waals surface area contributed by atoms with Gasteiger partial charge in [0, 0.05) is 22.5 Å². The molecule has 29 heavy (non-hydrogen) atoms. The third-order valence-corrected chi connectivity index (χ3v) is 5.52. The highest BCUT2D eigenvalue weighted by molar-refractivity contribution is 5.97. The lowest BCUT2D eigenvalue weighted by Gasteiger charge is -2.11. The molecule has 0 amide bonds. The normalized spacial score (nSPS) is 13.5. The number of ketones is 2. The van der Waals surface area contributed by atoms with E-state index < -0.39 is 12.2 Å². The van der Waals surface area contributed by atoms with E-state index >= 15 is 0 Å². The molecule has 2 atom stereocenters. The second kappa shape index (κ2) is 7.50. The van der Waals surface area contributed by atoms with Crippen LogP contribution in [0, 0.1) is 27.7 Å². The molecule has 3 rings (SSSR count). The number of hydrogen-bond acceptors (Lipinski definition) is 4. The second-order valence-corrected chi connectivity index (χ2v) is 7.61. The van der Waals surface area contributed by atoms with Crippen molar-refractivity contribution in [3.8, 4) is 0 Å². The van der Waals surface area contributed by atoms with Crippen molar-refractivity contribution in [1.29, 1.82) is 0 Å². The Labute approximate surface area is 169 Å².